The van der Waals surface area contributed by atoms with Crippen LogP contribution in [0.25, 0.3) is 0 Å². The minimum Gasteiger partial charge on any atom is -0.756 e. The van der Waals surface area contributed by atoms with Gasteiger partial charge in [0.15, 0.2) is 0 Å². The Bertz CT molecular complexity index is 537. The van der Waals surface area contributed by atoms with Crippen LogP contribution < -0.4 is 4.89 Å². The van der Waals surface area contributed by atoms with Crippen molar-refractivity contribution in [1.29, 1.82) is 0 Å². The Morgan fingerprint density at radius 2 is 1.44 bits per heavy atom. The molecule has 0 aromatic rings. The standard InChI is InChI=1S/C23H48NO7P/c1-20(2)14-12-10-8-7-9-11-13-15-21(3)23(26)29-18-22(25)19-31-32(27,28)30-17-16-24(4,5)6/h20-22,25H,7-19H2,1-6H3. The van der Waals surface area contributed by atoms with Crippen LogP contribution in [-0.2, 0) is 23.1 Å². The summed E-state index contributed by atoms with van der Waals surface area (Å²) < 4.78 is 26.8. The largest absolute Gasteiger partial charge is 0.756 e. The van der Waals surface area contributed by atoms with Gasteiger partial charge in [0.05, 0.1) is 33.7 Å². The number of unbranched alkanes of at least 4 members (excludes halogenated alkanes) is 6. The lowest BCUT2D eigenvalue weighted by atomic mass is 10.0. The fourth-order valence-electron chi connectivity index (χ4n) is 3.01. The average molecular weight is 482 g/mol. The zero-order chi connectivity index (χ0) is 24.6. The van der Waals surface area contributed by atoms with Gasteiger partial charge in [-0.1, -0.05) is 72.1 Å². The fourth-order valence-corrected chi connectivity index (χ4v) is 3.75. The number of hydrogen-bond donors (Lipinski definition) is 1. The van der Waals surface area contributed by atoms with Gasteiger partial charge in [-0.25, -0.2) is 0 Å². The number of quaternary nitrogens is 1. The highest BCUT2D eigenvalue weighted by Gasteiger charge is 2.19. The van der Waals surface area contributed by atoms with Crippen LogP contribution in [0.15, 0.2) is 0 Å². The van der Waals surface area contributed by atoms with Crippen LogP contribution in [0.2, 0.25) is 0 Å². The number of aliphatic hydroxyl groups is 1. The third kappa shape index (κ3) is 20.1. The summed E-state index contributed by atoms with van der Waals surface area (Å²) in [6.07, 6.45) is 9.22. The number of hydrogen-bond acceptors (Lipinski definition) is 7. The van der Waals surface area contributed by atoms with Crippen molar-refractivity contribution in [1.82, 2.24) is 0 Å². The van der Waals surface area contributed by atoms with E-state index in [0.29, 0.717) is 11.0 Å². The fraction of sp³-hybridized carbons (Fsp3) is 0.957. The van der Waals surface area contributed by atoms with E-state index < -0.39 is 20.5 Å². The van der Waals surface area contributed by atoms with Gasteiger partial charge in [-0.3, -0.25) is 9.36 Å². The third-order valence-electron chi connectivity index (χ3n) is 5.18. The van der Waals surface area contributed by atoms with Crippen LogP contribution in [0, 0.1) is 11.8 Å². The molecule has 9 heteroatoms. The normalized spacial score (nSPS) is 16.0. The van der Waals surface area contributed by atoms with E-state index in [1.165, 1.54) is 38.5 Å². The molecule has 0 aliphatic heterocycles. The predicted octanol–water partition coefficient (Wildman–Crippen LogP) is 3.90. The first-order chi connectivity index (χ1) is 14.8. The van der Waals surface area contributed by atoms with Crippen LogP contribution in [0.3, 0.4) is 0 Å². The number of phosphoric acid groups is 1. The number of aliphatic hydroxyl groups excluding tert-OH is 1. The molecule has 0 spiro atoms. The first-order valence-electron chi connectivity index (χ1n) is 12.1. The summed E-state index contributed by atoms with van der Waals surface area (Å²) in [5, 5.41) is 9.84. The van der Waals surface area contributed by atoms with E-state index in [1.807, 2.05) is 28.1 Å². The van der Waals surface area contributed by atoms with E-state index in [9.17, 15) is 19.4 Å². The summed E-state index contributed by atoms with van der Waals surface area (Å²) in [5.74, 6) is 0.149. The Labute approximate surface area is 195 Å². The topological polar surface area (TPSA) is 105 Å². The van der Waals surface area contributed by atoms with E-state index in [1.54, 1.807) is 0 Å². The van der Waals surface area contributed by atoms with Gasteiger partial charge >= 0.3 is 5.97 Å². The van der Waals surface area contributed by atoms with Gasteiger partial charge in [0, 0.05) is 0 Å². The second-order valence-electron chi connectivity index (χ2n) is 10.2. The number of phosphoric ester groups is 1. The molecule has 0 saturated carbocycles. The van der Waals surface area contributed by atoms with Crippen LogP contribution >= 0.6 is 7.82 Å². The van der Waals surface area contributed by atoms with Crippen LogP contribution in [0.5, 0.6) is 0 Å². The second kappa shape index (κ2) is 17.0. The number of ether oxygens (including phenoxy) is 1. The molecule has 8 nitrogen and oxygen atoms in total. The van der Waals surface area contributed by atoms with Gasteiger partial charge in [-0.2, -0.15) is 0 Å². The minimum atomic E-state index is -4.49. The minimum absolute atomic E-state index is 0.00892. The molecule has 3 unspecified atom stereocenters. The highest BCUT2D eigenvalue weighted by atomic mass is 31.2. The van der Waals surface area contributed by atoms with Crippen LogP contribution in [0.4, 0.5) is 0 Å². The smallest absolute Gasteiger partial charge is 0.308 e. The molecule has 32 heavy (non-hydrogen) atoms. The van der Waals surface area contributed by atoms with Crippen molar-refractivity contribution in [3.8, 4) is 0 Å². The molecule has 0 fully saturated rings. The number of rotatable bonds is 20. The summed E-state index contributed by atoms with van der Waals surface area (Å²) >= 11 is 0. The second-order valence-corrected chi connectivity index (χ2v) is 11.6. The maximum absolute atomic E-state index is 12.1. The SMILES string of the molecule is CC(C)CCCCCCCCCC(C)C(=O)OCC(O)COP(=O)([O-])OCC[N+](C)(C)C. The van der Waals surface area contributed by atoms with E-state index in [2.05, 4.69) is 18.4 Å². The van der Waals surface area contributed by atoms with Crippen molar-refractivity contribution in [2.75, 3.05) is 47.5 Å². The zero-order valence-electron chi connectivity index (χ0n) is 21.2. The van der Waals surface area contributed by atoms with Gasteiger partial charge in [0.1, 0.15) is 25.9 Å². The van der Waals surface area contributed by atoms with Crippen molar-refractivity contribution in [3.05, 3.63) is 0 Å². The number of carbonyl (C=O) groups is 1. The number of nitrogens with zero attached hydrogens (tertiary/aromatic N) is 1. The van der Waals surface area contributed by atoms with Crippen molar-refractivity contribution in [2.45, 2.75) is 84.7 Å². The maximum atomic E-state index is 12.1. The summed E-state index contributed by atoms with van der Waals surface area (Å²) in [4.78, 5) is 23.8. The quantitative estimate of drug-likeness (QED) is 0.122. The van der Waals surface area contributed by atoms with Crippen LogP contribution in [-0.4, -0.2) is 69.2 Å². The Morgan fingerprint density at radius 1 is 0.906 bits per heavy atom. The maximum Gasteiger partial charge on any atom is 0.308 e. The zero-order valence-corrected chi connectivity index (χ0v) is 22.1. The molecule has 3 atom stereocenters. The monoisotopic (exact) mass is 481 g/mol. The molecule has 0 aliphatic rings. The van der Waals surface area contributed by atoms with Gasteiger partial charge in [-0.15, -0.1) is 0 Å². The number of esters is 1. The molecule has 0 aromatic carbocycles. The van der Waals surface area contributed by atoms with Crippen molar-refractivity contribution >= 4 is 13.8 Å². The highest BCUT2D eigenvalue weighted by Crippen LogP contribution is 2.38. The predicted molar refractivity (Wildman–Crippen MR) is 125 cm³/mol. The van der Waals surface area contributed by atoms with E-state index >= 15 is 0 Å². The van der Waals surface area contributed by atoms with Gasteiger partial charge in [0.2, 0.25) is 0 Å². The molecular formula is C23H48NO7P. The average Bonchev–Trinajstić information content (AvgIpc) is 2.67. The first-order valence-corrected chi connectivity index (χ1v) is 13.5. The van der Waals surface area contributed by atoms with Gasteiger partial charge < -0.3 is 28.3 Å². The molecular weight excluding hydrogens is 433 g/mol. The summed E-state index contributed by atoms with van der Waals surface area (Å²) in [7, 11) is 1.24. The molecule has 0 saturated heterocycles. The van der Waals surface area contributed by atoms with Crippen molar-refractivity contribution < 1.29 is 37.6 Å². The van der Waals surface area contributed by atoms with Gasteiger partial charge in [0.25, 0.3) is 7.82 Å². The highest BCUT2D eigenvalue weighted by molar-refractivity contribution is 7.45. The molecule has 0 rings (SSSR count). The lowest BCUT2D eigenvalue weighted by Crippen LogP contribution is -2.37. The molecule has 0 bridgehead atoms. The van der Waals surface area contributed by atoms with E-state index in [-0.39, 0.29) is 25.1 Å². The summed E-state index contributed by atoms with van der Waals surface area (Å²) in [6, 6.07) is 0. The molecule has 1 N–H and O–H groups in total. The molecule has 0 aromatic heterocycles. The summed E-state index contributed by atoms with van der Waals surface area (Å²) in [5.41, 5.74) is 0. The molecule has 0 radical (unpaired) electrons. The third-order valence-corrected chi connectivity index (χ3v) is 6.14. The van der Waals surface area contributed by atoms with E-state index in [4.69, 9.17) is 9.26 Å². The summed E-state index contributed by atoms with van der Waals surface area (Å²) in [6.45, 7) is 6.00. The van der Waals surface area contributed by atoms with E-state index in [0.717, 1.165) is 25.2 Å². The molecule has 192 valence electrons. The van der Waals surface area contributed by atoms with Crippen molar-refractivity contribution in [2.24, 2.45) is 11.8 Å². The Kier molecular flexibility index (Phi) is 16.7. The Balaban J connectivity index is 3.82. The molecule has 0 amide bonds. The number of carbonyl (C=O) groups excluding carboxylic acids is 1. The Morgan fingerprint density at radius 3 is 1.97 bits per heavy atom. The van der Waals surface area contributed by atoms with Crippen LogP contribution in [0.1, 0.15) is 78.6 Å². The lowest BCUT2D eigenvalue weighted by Gasteiger charge is -2.27. The Hall–Kier alpha value is -0.500. The lowest BCUT2D eigenvalue weighted by molar-refractivity contribution is -0.870. The first kappa shape index (κ1) is 31.5. The molecule has 0 aliphatic carbocycles. The number of likely N-dealkylation sites (N-methyl/N-ethyl adjacent to an activating group) is 1. The van der Waals surface area contributed by atoms with Crippen molar-refractivity contribution in [3.63, 3.8) is 0 Å². The molecule has 0 heterocycles. The van der Waals surface area contributed by atoms with Gasteiger partial charge in [-0.05, 0) is 12.3 Å².